The summed E-state index contributed by atoms with van der Waals surface area (Å²) >= 11 is 0. The molecule has 158 valence electrons. The van der Waals surface area contributed by atoms with E-state index in [0.717, 1.165) is 27.4 Å². The highest BCUT2D eigenvalue weighted by atomic mass is 32.2. The molecule has 0 aliphatic carbocycles. The summed E-state index contributed by atoms with van der Waals surface area (Å²) in [5.74, 6) is 1.01. The summed E-state index contributed by atoms with van der Waals surface area (Å²) in [5, 5.41) is 2.78. The van der Waals surface area contributed by atoms with Gasteiger partial charge in [-0.15, -0.1) is 0 Å². The Morgan fingerprint density at radius 3 is 2.21 bits per heavy atom. The molecule has 29 heavy (non-hydrogen) atoms. The van der Waals surface area contributed by atoms with E-state index in [0.29, 0.717) is 5.75 Å². The first-order valence-electron chi connectivity index (χ1n) is 9.24. The zero-order valence-electron chi connectivity index (χ0n) is 17.2. The number of hydrogen-bond acceptors (Lipinski definition) is 5. The number of nitrogens with zero attached hydrogens (tertiary/aromatic N) is 1. The lowest BCUT2D eigenvalue weighted by molar-refractivity contribution is -0.122. The third kappa shape index (κ3) is 7.75. The van der Waals surface area contributed by atoms with Gasteiger partial charge in [0.05, 0.1) is 26.0 Å². The molecule has 0 aliphatic heterocycles. The monoisotopic (exact) mass is 420 g/mol. The van der Waals surface area contributed by atoms with Crippen LogP contribution in [0, 0.1) is 6.92 Å². The van der Waals surface area contributed by atoms with Gasteiger partial charge in [-0.05, 0) is 43.7 Å². The Morgan fingerprint density at radius 2 is 1.66 bits per heavy atom. The maximum atomic E-state index is 12.4. The molecule has 0 aliphatic rings. The van der Waals surface area contributed by atoms with Crippen LogP contribution >= 0.6 is 0 Å². The van der Waals surface area contributed by atoms with Crippen LogP contribution in [0.25, 0.3) is 0 Å². The normalized spacial score (nSPS) is 12.4. The predicted octanol–water partition coefficient (Wildman–Crippen LogP) is 2.35. The van der Waals surface area contributed by atoms with Crippen molar-refractivity contribution < 1.29 is 22.7 Å². The summed E-state index contributed by atoms with van der Waals surface area (Å²) in [6.07, 6.45) is 1.10. The molecule has 0 saturated heterocycles. The fourth-order valence-corrected chi connectivity index (χ4v) is 3.34. The number of rotatable bonds is 10. The van der Waals surface area contributed by atoms with Gasteiger partial charge in [0.1, 0.15) is 18.1 Å². The van der Waals surface area contributed by atoms with Crippen LogP contribution in [0.2, 0.25) is 0 Å². The Hall–Kier alpha value is -2.58. The molecule has 1 N–H and O–H groups in total. The third-order valence-electron chi connectivity index (χ3n) is 4.24. The molecule has 0 bridgehead atoms. The van der Waals surface area contributed by atoms with E-state index >= 15 is 0 Å². The van der Waals surface area contributed by atoms with Gasteiger partial charge in [-0.3, -0.25) is 4.79 Å². The fraction of sp³-hybridized carbons (Fsp3) is 0.381. The van der Waals surface area contributed by atoms with Crippen LogP contribution in [0.1, 0.15) is 18.1 Å². The van der Waals surface area contributed by atoms with E-state index in [2.05, 4.69) is 5.32 Å². The van der Waals surface area contributed by atoms with Crippen LogP contribution in [0.5, 0.6) is 11.5 Å². The van der Waals surface area contributed by atoms with E-state index in [4.69, 9.17) is 9.47 Å². The Balaban J connectivity index is 1.88. The summed E-state index contributed by atoms with van der Waals surface area (Å²) in [7, 11) is -1.95. The van der Waals surface area contributed by atoms with Gasteiger partial charge in [-0.25, -0.2) is 8.42 Å². The van der Waals surface area contributed by atoms with Crippen LogP contribution in [0.15, 0.2) is 48.5 Å². The molecule has 0 radical (unpaired) electrons. The molecule has 7 nitrogen and oxygen atoms in total. The molecule has 0 saturated carbocycles. The number of sulfonamides is 1. The topological polar surface area (TPSA) is 84.9 Å². The highest BCUT2D eigenvalue weighted by molar-refractivity contribution is 7.88. The van der Waals surface area contributed by atoms with Gasteiger partial charge >= 0.3 is 0 Å². The molecule has 1 amide bonds. The quantitative estimate of drug-likeness (QED) is 0.638. The highest BCUT2D eigenvalue weighted by Gasteiger charge is 2.21. The molecular formula is C21H28N2O5S. The summed E-state index contributed by atoms with van der Waals surface area (Å²) in [6.45, 7) is 3.91. The Labute approximate surface area is 172 Å². The van der Waals surface area contributed by atoms with Gasteiger partial charge in [0.25, 0.3) is 0 Å². The van der Waals surface area contributed by atoms with Crippen molar-refractivity contribution in [2.45, 2.75) is 26.4 Å². The number of carbonyl (C=O) groups is 1. The predicted molar refractivity (Wildman–Crippen MR) is 113 cm³/mol. The lowest BCUT2D eigenvalue weighted by Gasteiger charge is -2.21. The average Bonchev–Trinajstić information content (AvgIpc) is 2.67. The van der Waals surface area contributed by atoms with E-state index in [1.165, 1.54) is 0 Å². The Kier molecular flexibility index (Phi) is 8.04. The minimum absolute atomic E-state index is 0.142. The summed E-state index contributed by atoms with van der Waals surface area (Å²) in [4.78, 5) is 12.4. The second-order valence-electron chi connectivity index (χ2n) is 6.97. The zero-order valence-corrected chi connectivity index (χ0v) is 18.0. The second kappa shape index (κ2) is 10.3. The number of hydrogen-bond donors (Lipinski definition) is 1. The van der Waals surface area contributed by atoms with Gasteiger partial charge in [0.15, 0.2) is 0 Å². The molecule has 0 spiro atoms. The van der Waals surface area contributed by atoms with Crippen molar-refractivity contribution in [3.05, 3.63) is 59.7 Å². The van der Waals surface area contributed by atoms with E-state index in [9.17, 15) is 13.2 Å². The van der Waals surface area contributed by atoms with Gasteiger partial charge in [-0.2, -0.15) is 4.31 Å². The molecule has 2 aromatic carbocycles. The first kappa shape index (κ1) is 22.7. The number of benzene rings is 2. The van der Waals surface area contributed by atoms with Gasteiger partial charge in [-0.1, -0.05) is 29.8 Å². The molecular weight excluding hydrogens is 392 g/mol. The Morgan fingerprint density at radius 1 is 1.07 bits per heavy atom. The first-order valence-corrected chi connectivity index (χ1v) is 11.1. The van der Waals surface area contributed by atoms with Crippen LogP contribution < -0.4 is 14.8 Å². The number of amides is 1. The molecule has 0 fully saturated rings. The highest BCUT2D eigenvalue weighted by Crippen LogP contribution is 2.17. The molecule has 2 rings (SSSR count). The fourth-order valence-electron chi connectivity index (χ4n) is 2.60. The third-order valence-corrected chi connectivity index (χ3v) is 5.43. The SMILES string of the molecule is COc1ccc(OC[C@H](C)NC(=O)CN(Cc2ccc(C)cc2)S(C)(=O)=O)cc1. The summed E-state index contributed by atoms with van der Waals surface area (Å²) in [5.41, 5.74) is 1.91. The van der Waals surface area contributed by atoms with E-state index in [1.54, 1.807) is 38.3 Å². The first-order chi connectivity index (χ1) is 13.7. The van der Waals surface area contributed by atoms with E-state index in [-0.39, 0.29) is 31.6 Å². The summed E-state index contributed by atoms with van der Waals surface area (Å²) in [6, 6.07) is 14.4. The Bertz CT molecular complexity index is 896. The lowest BCUT2D eigenvalue weighted by Crippen LogP contribution is -2.44. The molecule has 8 heteroatoms. The smallest absolute Gasteiger partial charge is 0.235 e. The number of carbonyl (C=O) groups excluding carboxylic acids is 1. The van der Waals surface area contributed by atoms with Crippen LogP contribution in [-0.2, 0) is 21.4 Å². The minimum atomic E-state index is -3.54. The van der Waals surface area contributed by atoms with Crippen LogP contribution in [0.4, 0.5) is 0 Å². The van der Waals surface area contributed by atoms with E-state index < -0.39 is 10.0 Å². The molecule has 2 aromatic rings. The van der Waals surface area contributed by atoms with Crippen molar-refractivity contribution in [2.24, 2.45) is 0 Å². The molecule has 0 heterocycles. The van der Waals surface area contributed by atoms with Gasteiger partial charge in [0.2, 0.25) is 15.9 Å². The molecule has 1 atom stereocenters. The van der Waals surface area contributed by atoms with Gasteiger partial charge in [0, 0.05) is 6.54 Å². The minimum Gasteiger partial charge on any atom is -0.497 e. The summed E-state index contributed by atoms with van der Waals surface area (Å²) < 4.78 is 36.1. The number of ether oxygens (including phenoxy) is 2. The zero-order chi connectivity index (χ0) is 21.4. The standard InChI is InChI=1S/C21H28N2O5S/c1-16-5-7-18(8-6-16)13-23(29(4,25)26)14-21(24)22-17(2)15-28-20-11-9-19(27-3)10-12-20/h5-12,17H,13-15H2,1-4H3,(H,22,24)/t17-/m0/s1. The second-order valence-corrected chi connectivity index (χ2v) is 8.95. The van der Waals surface area contributed by atoms with Crippen LogP contribution in [-0.4, -0.2) is 51.2 Å². The van der Waals surface area contributed by atoms with Crippen molar-refractivity contribution in [2.75, 3.05) is 26.5 Å². The van der Waals surface area contributed by atoms with Crippen molar-refractivity contribution in [1.29, 1.82) is 0 Å². The molecule has 0 aromatic heterocycles. The maximum absolute atomic E-state index is 12.4. The van der Waals surface area contributed by atoms with Crippen molar-refractivity contribution in [1.82, 2.24) is 9.62 Å². The van der Waals surface area contributed by atoms with Gasteiger partial charge < -0.3 is 14.8 Å². The maximum Gasteiger partial charge on any atom is 0.235 e. The largest absolute Gasteiger partial charge is 0.497 e. The number of methoxy groups -OCH3 is 1. The van der Waals surface area contributed by atoms with Crippen LogP contribution in [0.3, 0.4) is 0 Å². The van der Waals surface area contributed by atoms with E-state index in [1.807, 2.05) is 31.2 Å². The average molecular weight is 421 g/mol. The van der Waals surface area contributed by atoms with Crippen molar-refractivity contribution >= 4 is 15.9 Å². The number of aryl methyl sites for hydroxylation is 1. The number of nitrogens with one attached hydrogen (secondary N) is 1. The lowest BCUT2D eigenvalue weighted by atomic mass is 10.1. The molecule has 0 unspecified atom stereocenters. The van der Waals surface area contributed by atoms with Crippen molar-refractivity contribution in [3.63, 3.8) is 0 Å². The van der Waals surface area contributed by atoms with Crippen molar-refractivity contribution in [3.8, 4) is 11.5 Å².